The number of para-hydroxylation sites is 2. The number of aromatic nitrogens is 2. The minimum Gasteiger partial charge on any atom is -0.268 e. The molecule has 0 unspecified atom stereocenters. The summed E-state index contributed by atoms with van der Waals surface area (Å²) in [5.41, 5.74) is 3.55. The molecule has 0 N–H and O–H groups in total. The summed E-state index contributed by atoms with van der Waals surface area (Å²) < 4.78 is 1.69. The maximum absolute atomic E-state index is 13.2. The fourth-order valence-electron chi connectivity index (χ4n) is 2.89. The second-order valence-corrected chi connectivity index (χ2v) is 6.32. The Balaban J connectivity index is 2.06. The molecule has 25 heavy (non-hydrogen) atoms. The van der Waals surface area contributed by atoms with Gasteiger partial charge in [0.15, 0.2) is 0 Å². The van der Waals surface area contributed by atoms with Gasteiger partial charge in [-0.15, -0.1) is 0 Å². The Hall–Kier alpha value is -2.72. The third kappa shape index (κ3) is 2.89. The zero-order chi connectivity index (χ0) is 17.2. The number of hydrogen-bond acceptors (Lipinski definition) is 2. The Morgan fingerprint density at radius 1 is 0.840 bits per heavy atom. The number of halogens is 1. The first-order valence-corrected chi connectivity index (χ1v) is 9.12. The highest BCUT2D eigenvalue weighted by Crippen LogP contribution is 2.23. The van der Waals surface area contributed by atoms with E-state index in [9.17, 15) is 4.79 Å². The molecule has 4 rings (SSSR count). The van der Waals surface area contributed by atoms with Crippen LogP contribution in [-0.4, -0.2) is 9.55 Å². The monoisotopic (exact) mass is 390 g/mol. The Morgan fingerprint density at radius 3 is 2.24 bits per heavy atom. The van der Waals surface area contributed by atoms with Crippen molar-refractivity contribution in [3.05, 3.63) is 94.8 Å². The van der Waals surface area contributed by atoms with Gasteiger partial charge in [0.25, 0.3) is 5.56 Å². The van der Waals surface area contributed by atoms with E-state index in [2.05, 4.69) is 15.9 Å². The van der Waals surface area contributed by atoms with Crippen molar-refractivity contribution in [3.63, 3.8) is 0 Å². The van der Waals surface area contributed by atoms with Gasteiger partial charge < -0.3 is 0 Å². The van der Waals surface area contributed by atoms with E-state index in [4.69, 9.17) is 4.98 Å². The lowest BCUT2D eigenvalue weighted by Gasteiger charge is -2.14. The molecule has 0 radical (unpaired) electrons. The first kappa shape index (κ1) is 15.8. The molecule has 0 aliphatic rings. The topological polar surface area (TPSA) is 34.9 Å². The van der Waals surface area contributed by atoms with Crippen LogP contribution >= 0.6 is 15.9 Å². The maximum Gasteiger partial charge on any atom is 0.266 e. The largest absolute Gasteiger partial charge is 0.268 e. The summed E-state index contributed by atoms with van der Waals surface area (Å²) in [6, 6.07) is 25.2. The smallest absolute Gasteiger partial charge is 0.266 e. The summed E-state index contributed by atoms with van der Waals surface area (Å²) in [5.74, 6) is 0.649. The Kier molecular flexibility index (Phi) is 4.20. The van der Waals surface area contributed by atoms with Crippen molar-refractivity contribution in [2.75, 3.05) is 0 Å². The lowest BCUT2D eigenvalue weighted by Crippen LogP contribution is -2.21. The number of rotatable bonds is 3. The van der Waals surface area contributed by atoms with Gasteiger partial charge in [-0.25, -0.2) is 4.98 Å². The molecule has 0 aliphatic heterocycles. The zero-order valence-electron chi connectivity index (χ0n) is 13.4. The molecule has 0 spiro atoms. The quantitative estimate of drug-likeness (QED) is 0.464. The van der Waals surface area contributed by atoms with Gasteiger partial charge in [-0.3, -0.25) is 9.36 Å². The van der Waals surface area contributed by atoms with E-state index in [1.807, 2.05) is 78.9 Å². The van der Waals surface area contributed by atoms with Crippen LogP contribution in [0.4, 0.5) is 0 Å². The average molecular weight is 391 g/mol. The summed E-state index contributed by atoms with van der Waals surface area (Å²) in [6.07, 6.45) is 0. The minimum absolute atomic E-state index is 0.0589. The second kappa shape index (κ2) is 6.65. The molecule has 1 heterocycles. The zero-order valence-corrected chi connectivity index (χ0v) is 15.0. The van der Waals surface area contributed by atoms with E-state index in [-0.39, 0.29) is 5.56 Å². The predicted molar refractivity (Wildman–Crippen MR) is 105 cm³/mol. The lowest BCUT2D eigenvalue weighted by molar-refractivity contribution is 0.976. The van der Waals surface area contributed by atoms with Crippen molar-refractivity contribution >= 4 is 26.8 Å². The molecule has 3 nitrogen and oxygen atoms in total. The van der Waals surface area contributed by atoms with Gasteiger partial charge in [-0.05, 0) is 29.8 Å². The van der Waals surface area contributed by atoms with Gasteiger partial charge in [-0.2, -0.15) is 0 Å². The van der Waals surface area contributed by atoms with Crippen LogP contribution in [-0.2, 0) is 5.33 Å². The van der Waals surface area contributed by atoms with Crippen molar-refractivity contribution in [3.8, 4) is 17.1 Å². The van der Waals surface area contributed by atoms with Gasteiger partial charge in [0.1, 0.15) is 5.82 Å². The molecular formula is C21H15BrN2O. The SMILES string of the molecule is O=c1c2ccccc2nc(-c2ccc(CBr)cc2)n1-c1ccccc1. The number of nitrogens with zero attached hydrogens (tertiary/aromatic N) is 2. The van der Waals surface area contributed by atoms with Crippen LogP contribution in [0.3, 0.4) is 0 Å². The molecule has 3 aromatic carbocycles. The molecule has 0 bridgehead atoms. The lowest BCUT2D eigenvalue weighted by atomic mass is 10.1. The number of hydrogen-bond donors (Lipinski definition) is 0. The maximum atomic E-state index is 13.2. The highest BCUT2D eigenvalue weighted by Gasteiger charge is 2.14. The van der Waals surface area contributed by atoms with E-state index in [1.54, 1.807) is 4.57 Å². The Bertz CT molecular complexity index is 1090. The fourth-order valence-corrected chi connectivity index (χ4v) is 3.26. The molecule has 0 saturated carbocycles. The van der Waals surface area contributed by atoms with Crippen LogP contribution < -0.4 is 5.56 Å². The van der Waals surface area contributed by atoms with Crippen LogP contribution in [0.5, 0.6) is 0 Å². The van der Waals surface area contributed by atoms with Crippen molar-refractivity contribution in [1.29, 1.82) is 0 Å². The molecule has 4 aromatic rings. The summed E-state index contributed by atoms with van der Waals surface area (Å²) in [7, 11) is 0. The molecule has 0 fully saturated rings. The predicted octanol–water partition coefficient (Wildman–Crippen LogP) is 4.95. The number of fused-ring (bicyclic) bond motifs is 1. The molecule has 1 aromatic heterocycles. The van der Waals surface area contributed by atoms with Gasteiger partial charge >= 0.3 is 0 Å². The van der Waals surface area contributed by atoms with E-state index in [0.717, 1.165) is 16.6 Å². The van der Waals surface area contributed by atoms with Crippen molar-refractivity contribution in [2.45, 2.75) is 5.33 Å². The summed E-state index contributed by atoms with van der Waals surface area (Å²) in [5, 5.41) is 1.41. The Labute approximate surface area is 153 Å². The van der Waals surface area contributed by atoms with Crippen LogP contribution in [0.25, 0.3) is 28.0 Å². The summed E-state index contributed by atoms with van der Waals surface area (Å²) in [4.78, 5) is 18.0. The normalized spacial score (nSPS) is 10.9. The fraction of sp³-hybridized carbons (Fsp3) is 0.0476. The third-order valence-corrected chi connectivity index (χ3v) is 4.80. The van der Waals surface area contributed by atoms with Gasteiger partial charge in [0, 0.05) is 10.9 Å². The number of alkyl halides is 1. The highest BCUT2D eigenvalue weighted by atomic mass is 79.9. The minimum atomic E-state index is -0.0589. The first-order chi connectivity index (χ1) is 12.3. The molecular weight excluding hydrogens is 376 g/mol. The first-order valence-electron chi connectivity index (χ1n) is 8.00. The third-order valence-electron chi connectivity index (χ3n) is 4.16. The van der Waals surface area contributed by atoms with E-state index >= 15 is 0 Å². The molecule has 122 valence electrons. The molecule has 0 atom stereocenters. The van der Waals surface area contributed by atoms with Crippen LogP contribution in [0.1, 0.15) is 5.56 Å². The van der Waals surface area contributed by atoms with Gasteiger partial charge in [-0.1, -0.05) is 70.5 Å². The summed E-state index contributed by atoms with van der Waals surface area (Å²) in [6.45, 7) is 0. The van der Waals surface area contributed by atoms with Crippen LogP contribution in [0, 0.1) is 0 Å². The van der Waals surface area contributed by atoms with Crippen molar-refractivity contribution < 1.29 is 0 Å². The molecule has 4 heteroatoms. The Morgan fingerprint density at radius 2 is 1.52 bits per heavy atom. The second-order valence-electron chi connectivity index (χ2n) is 5.76. The summed E-state index contributed by atoms with van der Waals surface area (Å²) >= 11 is 3.46. The number of benzene rings is 3. The average Bonchev–Trinajstić information content (AvgIpc) is 2.69. The van der Waals surface area contributed by atoms with Crippen LogP contribution in [0.2, 0.25) is 0 Å². The molecule has 0 saturated heterocycles. The van der Waals surface area contributed by atoms with Crippen molar-refractivity contribution in [2.24, 2.45) is 0 Å². The van der Waals surface area contributed by atoms with E-state index in [0.29, 0.717) is 16.7 Å². The molecule has 0 aliphatic carbocycles. The van der Waals surface area contributed by atoms with Crippen molar-refractivity contribution in [1.82, 2.24) is 9.55 Å². The molecule has 0 amide bonds. The van der Waals surface area contributed by atoms with E-state index in [1.165, 1.54) is 5.56 Å². The van der Waals surface area contributed by atoms with Crippen LogP contribution in [0.15, 0.2) is 83.7 Å². The van der Waals surface area contributed by atoms with E-state index < -0.39 is 0 Å². The highest BCUT2D eigenvalue weighted by molar-refractivity contribution is 9.08. The standard InChI is InChI=1S/C21H15BrN2O/c22-14-15-10-12-16(13-11-15)20-23-19-9-5-4-8-18(19)21(25)24(20)17-6-2-1-3-7-17/h1-13H,14H2. The van der Waals surface area contributed by atoms with Gasteiger partial charge in [0.05, 0.1) is 16.6 Å². The van der Waals surface area contributed by atoms with Gasteiger partial charge in [0.2, 0.25) is 0 Å².